The van der Waals surface area contributed by atoms with Crippen LogP contribution in [-0.2, 0) is 22.3 Å². The van der Waals surface area contributed by atoms with E-state index in [1.807, 2.05) is 0 Å². The highest BCUT2D eigenvalue weighted by molar-refractivity contribution is 5.98. The number of aryl methyl sites for hydroxylation is 1. The highest BCUT2D eigenvalue weighted by Crippen LogP contribution is 2.30. The van der Waals surface area contributed by atoms with Gasteiger partial charge in [-0.3, -0.25) is 14.4 Å². The Kier molecular flexibility index (Phi) is 7.86. The van der Waals surface area contributed by atoms with Gasteiger partial charge in [-0.2, -0.15) is 13.2 Å². The molecule has 0 spiro atoms. The van der Waals surface area contributed by atoms with Gasteiger partial charge in [0.05, 0.1) is 23.0 Å². The first-order valence-corrected chi connectivity index (χ1v) is 11.7. The summed E-state index contributed by atoms with van der Waals surface area (Å²) in [5.41, 5.74) is -1.54. The molecule has 0 aliphatic carbocycles. The zero-order valence-electron chi connectivity index (χ0n) is 19.6. The molecule has 0 radical (unpaired) electrons. The third-order valence-corrected chi connectivity index (χ3v) is 6.16. The maximum atomic E-state index is 13.0. The van der Waals surface area contributed by atoms with E-state index in [0.29, 0.717) is 30.6 Å². The summed E-state index contributed by atoms with van der Waals surface area (Å²) < 4.78 is 51.0. The molecule has 1 fully saturated rings. The first-order chi connectivity index (χ1) is 17.6. The molecule has 1 aromatic heterocycles. The number of halogens is 3. The second-order valence-corrected chi connectivity index (χ2v) is 8.77. The largest absolute Gasteiger partial charge is 0.491 e. The van der Waals surface area contributed by atoms with E-state index in [2.05, 4.69) is 10.3 Å². The molecule has 2 heterocycles. The van der Waals surface area contributed by atoms with Crippen LogP contribution in [-0.4, -0.2) is 51.2 Å². The normalized spacial score (nSPS) is 16.6. The van der Waals surface area contributed by atoms with Gasteiger partial charge in [-0.15, -0.1) is 5.10 Å². The number of carbonyl (C=O) groups is 2. The molecular weight excluding hydrogens is 495 g/mol. The monoisotopic (exact) mass is 519 g/mol. The highest BCUT2D eigenvalue weighted by atomic mass is 19.4. The van der Waals surface area contributed by atoms with Gasteiger partial charge in [-0.1, -0.05) is 5.21 Å². The van der Waals surface area contributed by atoms with E-state index < -0.39 is 35.0 Å². The Hall–Kier alpha value is -3.80. The summed E-state index contributed by atoms with van der Waals surface area (Å²) in [7, 11) is 0. The van der Waals surface area contributed by atoms with Crippen molar-refractivity contribution in [2.75, 3.05) is 13.2 Å². The van der Waals surface area contributed by atoms with Gasteiger partial charge in [0.1, 0.15) is 17.9 Å². The van der Waals surface area contributed by atoms with Crippen LogP contribution in [0.3, 0.4) is 0 Å². The van der Waals surface area contributed by atoms with Crippen LogP contribution in [0.25, 0.3) is 10.9 Å². The lowest BCUT2D eigenvalue weighted by Gasteiger charge is -2.13. The topological polar surface area (TPSA) is 121 Å². The van der Waals surface area contributed by atoms with Crippen LogP contribution in [0.2, 0.25) is 0 Å². The van der Waals surface area contributed by atoms with Gasteiger partial charge in [0.25, 0.3) is 5.56 Å². The van der Waals surface area contributed by atoms with Gasteiger partial charge >= 0.3 is 12.1 Å². The van der Waals surface area contributed by atoms with Crippen molar-refractivity contribution >= 4 is 22.7 Å². The van der Waals surface area contributed by atoms with Crippen molar-refractivity contribution in [3.8, 4) is 5.75 Å². The molecule has 2 unspecified atom stereocenters. The van der Waals surface area contributed by atoms with E-state index in [1.54, 1.807) is 24.3 Å². The summed E-state index contributed by atoms with van der Waals surface area (Å²) in [6, 6.07) is 8.88. The summed E-state index contributed by atoms with van der Waals surface area (Å²) in [4.78, 5) is 37.1. The van der Waals surface area contributed by atoms with E-state index in [-0.39, 0.29) is 36.4 Å². The number of benzene rings is 2. The van der Waals surface area contributed by atoms with E-state index in [1.165, 1.54) is 0 Å². The maximum Gasteiger partial charge on any atom is 0.416 e. The number of hydrogen-bond acceptors (Lipinski definition) is 7. The van der Waals surface area contributed by atoms with Gasteiger partial charge in [0, 0.05) is 25.1 Å². The second kappa shape index (κ2) is 11.1. The number of carboxylic acids is 1. The molecule has 1 aliphatic heterocycles. The number of Topliss-reactive ketones (excluding diaryl/α,β-unsaturated/α-hetero) is 1. The van der Waals surface area contributed by atoms with Crippen molar-refractivity contribution in [1.29, 1.82) is 0 Å². The Morgan fingerprint density at radius 1 is 1.19 bits per heavy atom. The summed E-state index contributed by atoms with van der Waals surface area (Å²) in [5, 5.41) is 16.8. The average Bonchev–Trinajstić information content (AvgIpc) is 3.39. The van der Waals surface area contributed by atoms with Crippen LogP contribution in [0, 0.1) is 5.92 Å². The molecule has 37 heavy (non-hydrogen) atoms. The van der Waals surface area contributed by atoms with Gasteiger partial charge in [0.2, 0.25) is 0 Å². The number of rotatable bonds is 10. The van der Waals surface area contributed by atoms with Crippen LogP contribution in [0.5, 0.6) is 5.75 Å². The number of carbonyl (C=O) groups excluding carboxylic acids is 1. The Morgan fingerprint density at radius 3 is 2.59 bits per heavy atom. The molecule has 0 saturated carbocycles. The Bertz CT molecular complexity index is 1330. The van der Waals surface area contributed by atoms with E-state index >= 15 is 0 Å². The lowest BCUT2D eigenvalue weighted by Crippen LogP contribution is -2.27. The molecule has 12 heteroatoms. The lowest BCUT2D eigenvalue weighted by molar-refractivity contribution is -0.142. The Morgan fingerprint density at radius 2 is 1.95 bits per heavy atom. The van der Waals surface area contributed by atoms with Crippen molar-refractivity contribution in [1.82, 2.24) is 15.0 Å². The quantitative estimate of drug-likeness (QED) is 0.403. The molecule has 1 N–H and O–H groups in total. The number of carboxylic acid groups (broad SMARTS) is 1. The van der Waals surface area contributed by atoms with Crippen LogP contribution in [0.4, 0.5) is 13.2 Å². The van der Waals surface area contributed by atoms with Gasteiger partial charge in [-0.25, -0.2) is 4.68 Å². The van der Waals surface area contributed by atoms with Crippen LogP contribution >= 0.6 is 0 Å². The molecule has 0 bridgehead atoms. The Balaban J connectivity index is 1.40. The minimum atomic E-state index is -4.64. The summed E-state index contributed by atoms with van der Waals surface area (Å²) >= 11 is 0. The summed E-state index contributed by atoms with van der Waals surface area (Å²) in [5.74, 6) is -2.24. The standard InChI is InChI=1S/C25H24F3N3O6/c26-25(27,28)17-5-8-21-20(13-17)23(33)31(30-29-21)10-9-16(24(34)35)12-22(32)15-3-6-18(7-4-15)37-14-19-2-1-11-36-19/h3-8,13,16,19H,1-2,9-12,14H2,(H,34,35). The fraction of sp³-hybridized carbons (Fsp3) is 0.400. The molecule has 1 saturated heterocycles. The molecule has 4 rings (SSSR count). The number of fused-ring (bicyclic) bond motifs is 1. The van der Waals surface area contributed by atoms with Crippen molar-refractivity contribution in [2.45, 2.75) is 44.5 Å². The van der Waals surface area contributed by atoms with Crippen molar-refractivity contribution in [3.63, 3.8) is 0 Å². The van der Waals surface area contributed by atoms with Crippen molar-refractivity contribution in [2.24, 2.45) is 5.92 Å². The molecule has 196 valence electrons. The highest BCUT2D eigenvalue weighted by Gasteiger charge is 2.31. The van der Waals surface area contributed by atoms with Crippen molar-refractivity contribution < 1.29 is 37.3 Å². The molecule has 9 nitrogen and oxygen atoms in total. The van der Waals surface area contributed by atoms with Gasteiger partial charge in [0.15, 0.2) is 5.78 Å². The minimum Gasteiger partial charge on any atom is -0.491 e. The lowest BCUT2D eigenvalue weighted by atomic mass is 9.95. The number of hydrogen-bond donors (Lipinski definition) is 1. The number of aromatic nitrogens is 3. The third-order valence-electron chi connectivity index (χ3n) is 6.16. The molecular formula is C25H24F3N3O6. The number of nitrogens with zero attached hydrogens (tertiary/aromatic N) is 3. The van der Waals surface area contributed by atoms with E-state index in [4.69, 9.17) is 9.47 Å². The summed E-state index contributed by atoms with van der Waals surface area (Å²) in [6.45, 7) is 0.883. The predicted molar refractivity (Wildman–Crippen MR) is 124 cm³/mol. The first-order valence-electron chi connectivity index (χ1n) is 11.7. The number of ether oxygens (including phenoxy) is 2. The zero-order chi connectivity index (χ0) is 26.6. The maximum absolute atomic E-state index is 13.0. The Labute approximate surface area is 208 Å². The zero-order valence-corrected chi connectivity index (χ0v) is 19.6. The third kappa shape index (κ3) is 6.50. The van der Waals surface area contributed by atoms with Gasteiger partial charge < -0.3 is 14.6 Å². The molecule has 2 aromatic carbocycles. The molecule has 1 aliphatic rings. The van der Waals surface area contributed by atoms with Crippen LogP contribution < -0.4 is 10.3 Å². The summed E-state index contributed by atoms with van der Waals surface area (Å²) in [6.07, 6.45) is -3.16. The van der Waals surface area contributed by atoms with Crippen LogP contribution in [0.1, 0.15) is 41.6 Å². The number of aliphatic carboxylic acids is 1. The smallest absolute Gasteiger partial charge is 0.416 e. The van der Waals surface area contributed by atoms with E-state index in [9.17, 15) is 32.7 Å². The second-order valence-electron chi connectivity index (χ2n) is 8.77. The van der Waals surface area contributed by atoms with E-state index in [0.717, 1.165) is 29.7 Å². The predicted octanol–water partition coefficient (Wildman–Crippen LogP) is 3.73. The SMILES string of the molecule is O=C(CC(CCn1nnc2ccc(C(F)(F)F)cc2c1=O)C(=O)O)c1ccc(OCC2CCCO2)cc1. The average molecular weight is 519 g/mol. The first kappa shape index (κ1) is 26.3. The number of alkyl halides is 3. The molecule has 2 atom stereocenters. The fourth-order valence-electron chi connectivity index (χ4n) is 4.03. The minimum absolute atomic E-state index is 0.0117. The molecule has 0 amide bonds. The fourth-order valence-corrected chi connectivity index (χ4v) is 4.03. The van der Waals surface area contributed by atoms with Crippen LogP contribution in [0.15, 0.2) is 47.3 Å². The number of ketones is 1. The van der Waals surface area contributed by atoms with Gasteiger partial charge in [-0.05, 0) is 61.7 Å². The molecule has 3 aromatic rings. The van der Waals surface area contributed by atoms with Crippen molar-refractivity contribution in [3.05, 3.63) is 63.9 Å².